The van der Waals surface area contributed by atoms with E-state index in [-0.39, 0.29) is 5.56 Å². The largest absolute Gasteiger partial charge is 0.352 e. The SMILES string of the molecule is O=c1[nH]cnc(N(CC2CCNCC2)C2CC2)c1Br. The third-order valence-electron chi connectivity index (χ3n) is 3.95. The van der Waals surface area contributed by atoms with Gasteiger partial charge in [-0.25, -0.2) is 4.98 Å². The van der Waals surface area contributed by atoms with E-state index in [2.05, 4.69) is 36.1 Å². The molecule has 6 heteroatoms. The summed E-state index contributed by atoms with van der Waals surface area (Å²) in [5.74, 6) is 1.51. The zero-order chi connectivity index (χ0) is 13.2. The highest BCUT2D eigenvalue weighted by Crippen LogP contribution is 2.34. The number of piperidine rings is 1. The zero-order valence-electron chi connectivity index (χ0n) is 10.9. The molecule has 0 bridgehead atoms. The molecule has 1 aliphatic carbocycles. The van der Waals surface area contributed by atoms with Crippen LogP contribution in [0, 0.1) is 5.92 Å². The average Bonchev–Trinajstić information content (AvgIpc) is 3.25. The molecular weight excluding hydrogens is 308 g/mol. The van der Waals surface area contributed by atoms with Gasteiger partial charge in [0.25, 0.3) is 5.56 Å². The van der Waals surface area contributed by atoms with Crippen molar-refractivity contribution in [3.05, 3.63) is 21.2 Å². The highest BCUT2D eigenvalue weighted by Gasteiger charge is 2.33. The van der Waals surface area contributed by atoms with Crippen LogP contribution in [0.25, 0.3) is 0 Å². The Morgan fingerprint density at radius 2 is 2.05 bits per heavy atom. The third kappa shape index (κ3) is 3.00. The van der Waals surface area contributed by atoms with Crippen LogP contribution in [0.4, 0.5) is 5.82 Å². The fourth-order valence-corrected chi connectivity index (χ4v) is 3.16. The molecular formula is C13H19BrN4O. The van der Waals surface area contributed by atoms with Crippen LogP contribution in [0.2, 0.25) is 0 Å². The first kappa shape index (κ1) is 13.1. The van der Waals surface area contributed by atoms with Crippen LogP contribution in [-0.4, -0.2) is 35.6 Å². The molecule has 5 nitrogen and oxygen atoms in total. The van der Waals surface area contributed by atoms with Gasteiger partial charge < -0.3 is 15.2 Å². The molecule has 1 aromatic rings. The van der Waals surface area contributed by atoms with E-state index in [1.807, 2.05) is 0 Å². The van der Waals surface area contributed by atoms with Gasteiger partial charge in [0.2, 0.25) is 0 Å². The second-order valence-electron chi connectivity index (χ2n) is 5.45. The van der Waals surface area contributed by atoms with Gasteiger partial charge in [0, 0.05) is 12.6 Å². The summed E-state index contributed by atoms with van der Waals surface area (Å²) in [6.07, 6.45) is 6.35. The van der Waals surface area contributed by atoms with Crippen molar-refractivity contribution in [3.63, 3.8) is 0 Å². The minimum Gasteiger partial charge on any atom is -0.352 e. The van der Waals surface area contributed by atoms with Crippen LogP contribution in [0.15, 0.2) is 15.6 Å². The van der Waals surface area contributed by atoms with Crippen molar-refractivity contribution in [1.29, 1.82) is 0 Å². The molecule has 1 saturated carbocycles. The maximum absolute atomic E-state index is 11.7. The number of H-pyrrole nitrogens is 1. The summed E-state index contributed by atoms with van der Waals surface area (Å²) < 4.78 is 0.566. The highest BCUT2D eigenvalue weighted by molar-refractivity contribution is 9.10. The smallest absolute Gasteiger partial charge is 0.267 e. The quantitative estimate of drug-likeness (QED) is 0.880. The molecule has 0 radical (unpaired) electrons. The Labute approximate surface area is 120 Å². The lowest BCUT2D eigenvalue weighted by Crippen LogP contribution is -2.38. The number of hydrogen-bond donors (Lipinski definition) is 2. The Kier molecular flexibility index (Phi) is 3.88. The van der Waals surface area contributed by atoms with Crippen molar-refractivity contribution in [2.45, 2.75) is 31.7 Å². The van der Waals surface area contributed by atoms with E-state index in [0.29, 0.717) is 16.4 Å². The standard InChI is InChI=1S/C13H19BrN4O/c14-11-12(16-8-17-13(11)19)18(10-1-2-10)7-9-3-5-15-6-4-9/h8-10,15H,1-7H2,(H,16,17,19). The van der Waals surface area contributed by atoms with Crippen molar-refractivity contribution < 1.29 is 0 Å². The van der Waals surface area contributed by atoms with E-state index in [0.717, 1.165) is 25.5 Å². The zero-order valence-corrected chi connectivity index (χ0v) is 12.4. The topological polar surface area (TPSA) is 61.0 Å². The van der Waals surface area contributed by atoms with Gasteiger partial charge in [-0.15, -0.1) is 0 Å². The summed E-state index contributed by atoms with van der Waals surface area (Å²) >= 11 is 3.38. The number of aromatic nitrogens is 2. The summed E-state index contributed by atoms with van der Waals surface area (Å²) in [4.78, 5) is 21.0. The summed E-state index contributed by atoms with van der Waals surface area (Å²) in [6, 6.07) is 0.570. The molecule has 2 fully saturated rings. The second-order valence-corrected chi connectivity index (χ2v) is 6.24. The molecule has 0 spiro atoms. The Bertz CT molecular complexity index is 494. The van der Waals surface area contributed by atoms with Crippen LogP contribution >= 0.6 is 15.9 Å². The third-order valence-corrected chi connectivity index (χ3v) is 4.67. The maximum atomic E-state index is 11.7. The van der Waals surface area contributed by atoms with Crippen molar-refractivity contribution in [3.8, 4) is 0 Å². The first-order valence-electron chi connectivity index (χ1n) is 6.96. The molecule has 1 aromatic heterocycles. The molecule has 0 atom stereocenters. The molecule has 104 valence electrons. The van der Waals surface area contributed by atoms with E-state index >= 15 is 0 Å². The van der Waals surface area contributed by atoms with Gasteiger partial charge in [-0.2, -0.15) is 0 Å². The van der Waals surface area contributed by atoms with Crippen molar-refractivity contribution in [2.24, 2.45) is 5.92 Å². The van der Waals surface area contributed by atoms with E-state index in [9.17, 15) is 4.79 Å². The minimum absolute atomic E-state index is 0.0963. The number of anilines is 1. The Morgan fingerprint density at radius 1 is 1.32 bits per heavy atom. The van der Waals surface area contributed by atoms with Crippen LogP contribution in [0.3, 0.4) is 0 Å². The van der Waals surface area contributed by atoms with Gasteiger partial charge in [0.1, 0.15) is 4.47 Å². The van der Waals surface area contributed by atoms with Crippen LogP contribution in [0.5, 0.6) is 0 Å². The lowest BCUT2D eigenvalue weighted by atomic mass is 9.97. The number of aromatic amines is 1. The van der Waals surface area contributed by atoms with Gasteiger partial charge >= 0.3 is 0 Å². The summed E-state index contributed by atoms with van der Waals surface area (Å²) in [5.41, 5.74) is -0.0963. The summed E-state index contributed by atoms with van der Waals surface area (Å²) in [6.45, 7) is 3.22. The van der Waals surface area contributed by atoms with Crippen molar-refractivity contribution >= 4 is 21.7 Å². The molecule has 2 N–H and O–H groups in total. The fourth-order valence-electron chi connectivity index (χ4n) is 2.71. The first-order valence-corrected chi connectivity index (χ1v) is 7.75. The monoisotopic (exact) mass is 326 g/mol. The lowest BCUT2D eigenvalue weighted by molar-refractivity contribution is 0.372. The average molecular weight is 327 g/mol. The Morgan fingerprint density at radius 3 is 2.74 bits per heavy atom. The Hall–Kier alpha value is -0.880. The molecule has 19 heavy (non-hydrogen) atoms. The van der Waals surface area contributed by atoms with E-state index in [4.69, 9.17) is 0 Å². The number of halogens is 1. The van der Waals surface area contributed by atoms with Crippen LogP contribution in [0.1, 0.15) is 25.7 Å². The second kappa shape index (κ2) is 5.63. The van der Waals surface area contributed by atoms with Gasteiger partial charge in [-0.3, -0.25) is 4.79 Å². The summed E-state index contributed by atoms with van der Waals surface area (Å²) in [5, 5.41) is 3.39. The van der Waals surface area contributed by atoms with Gasteiger partial charge in [0.05, 0.1) is 6.33 Å². The van der Waals surface area contributed by atoms with Crippen molar-refractivity contribution in [1.82, 2.24) is 15.3 Å². The molecule has 0 unspecified atom stereocenters. The van der Waals surface area contributed by atoms with Gasteiger partial charge in [-0.05, 0) is 60.6 Å². The lowest BCUT2D eigenvalue weighted by Gasteiger charge is -2.31. The normalized spacial score (nSPS) is 20.5. The molecule has 1 aliphatic heterocycles. The minimum atomic E-state index is -0.0963. The molecule has 2 heterocycles. The molecule has 0 amide bonds. The van der Waals surface area contributed by atoms with Gasteiger partial charge in [-0.1, -0.05) is 0 Å². The maximum Gasteiger partial charge on any atom is 0.267 e. The fraction of sp³-hybridized carbons (Fsp3) is 0.692. The van der Waals surface area contributed by atoms with Gasteiger partial charge in [0.15, 0.2) is 5.82 Å². The highest BCUT2D eigenvalue weighted by atomic mass is 79.9. The predicted molar refractivity (Wildman–Crippen MR) is 78.5 cm³/mol. The number of hydrogen-bond acceptors (Lipinski definition) is 4. The number of nitrogens with one attached hydrogen (secondary N) is 2. The molecule has 3 rings (SSSR count). The molecule has 1 saturated heterocycles. The van der Waals surface area contributed by atoms with E-state index in [1.165, 1.54) is 32.0 Å². The van der Waals surface area contributed by atoms with E-state index < -0.39 is 0 Å². The van der Waals surface area contributed by atoms with Crippen LogP contribution < -0.4 is 15.8 Å². The van der Waals surface area contributed by atoms with Crippen molar-refractivity contribution in [2.75, 3.05) is 24.5 Å². The Balaban J connectivity index is 1.80. The predicted octanol–water partition coefficient (Wildman–Crippen LogP) is 1.50. The number of rotatable bonds is 4. The first-order chi connectivity index (χ1) is 9.25. The number of nitrogens with zero attached hydrogens (tertiary/aromatic N) is 2. The molecule has 2 aliphatic rings. The van der Waals surface area contributed by atoms with E-state index in [1.54, 1.807) is 0 Å². The van der Waals surface area contributed by atoms with Crippen LogP contribution in [-0.2, 0) is 0 Å². The molecule has 0 aromatic carbocycles. The summed E-state index contributed by atoms with van der Waals surface area (Å²) in [7, 11) is 0.